The van der Waals surface area contributed by atoms with Crippen molar-refractivity contribution in [3.63, 3.8) is 0 Å². The van der Waals surface area contributed by atoms with Crippen LogP contribution in [0, 0.1) is 6.92 Å². The van der Waals surface area contributed by atoms with Crippen LogP contribution in [0.1, 0.15) is 16.1 Å². The van der Waals surface area contributed by atoms with Gasteiger partial charge in [0.25, 0.3) is 0 Å². The van der Waals surface area contributed by atoms with Crippen LogP contribution in [-0.4, -0.2) is 34.7 Å². The number of ether oxygens (including phenoxy) is 1. The molecule has 0 bridgehead atoms. The highest BCUT2D eigenvalue weighted by Gasteiger charge is 2.13. The third-order valence-corrected chi connectivity index (χ3v) is 5.07. The van der Waals surface area contributed by atoms with E-state index in [1.165, 1.54) is 37.1 Å². The molecule has 0 saturated heterocycles. The molecule has 0 unspecified atom stereocenters. The minimum atomic E-state index is -0.506. The molecule has 0 atom stereocenters. The molecular formula is C21H18ClN3O3S. The van der Waals surface area contributed by atoms with Gasteiger partial charge < -0.3 is 10.1 Å². The minimum absolute atomic E-state index is 0.0937. The van der Waals surface area contributed by atoms with E-state index in [1.807, 2.05) is 43.3 Å². The molecule has 3 aromatic rings. The van der Waals surface area contributed by atoms with Crippen LogP contribution in [0.2, 0.25) is 5.02 Å². The number of carbonyl (C=O) groups excluding carboxylic acids is 2. The second kappa shape index (κ2) is 9.54. The van der Waals surface area contributed by atoms with Crippen LogP contribution in [-0.2, 0) is 9.53 Å². The number of benzene rings is 2. The highest BCUT2D eigenvalue weighted by molar-refractivity contribution is 7.99. The Bertz CT molecular complexity index is 1040. The second-order valence-electron chi connectivity index (χ2n) is 6.07. The third-order valence-electron chi connectivity index (χ3n) is 3.90. The van der Waals surface area contributed by atoms with Crippen molar-refractivity contribution < 1.29 is 14.3 Å². The number of rotatable bonds is 6. The fourth-order valence-corrected chi connectivity index (χ4v) is 3.41. The number of anilines is 1. The summed E-state index contributed by atoms with van der Waals surface area (Å²) in [6, 6.07) is 16.2. The first-order chi connectivity index (χ1) is 14.0. The van der Waals surface area contributed by atoms with E-state index in [2.05, 4.69) is 20.0 Å². The molecule has 8 heteroatoms. The average Bonchev–Trinajstić information content (AvgIpc) is 2.73. The summed E-state index contributed by atoms with van der Waals surface area (Å²) in [6.07, 6.45) is 0. The number of thioether (sulfide) groups is 1. The molecule has 0 radical (unpaired) electrons. The number of carbonyl (C=O) groups is 2. The van der Waals surface area contributed by atoms with Crippen molar-refractivity contribution in [3.05, 3.63) is 70.9 Å². The van der Waals surface area contributed by atoms with Crippen molar-refractivity contribution in [2.45, 2.75) is 12.1 Å². The van der Waals surface area contributed by atoms with Crippen molar-refractivity contribution in [3.8, 4) is 11.3 Å². The first-order valence-corrected chi connectivity index (χ1v) is 10.0. The summed E-state index contributed by atoms with van der Waals surface area (Å²) in [4.78, 5) is 32.9. The number of aromatic nitrogens is 2. The zero-order valence-corrected chi connectivity index (χ0v) is 17.4. The number of hydrogen-bond donors (Lipinski definition) is 1. The summed E-state index contributed by atoms with van der Waals surface area (Å²) >= 11 is 7.34. The Balaban J connectivity index is 1.69. The van der Waals surface area contributed by atoms with Gasteiger partial charge in [0.1, 0.15) is 0 Å². The topological polar surface area (TPSA) is 81.2 Å². The van der Waals surface area contributed by atoms with E-state index in [4.69, 9.17) is 11.6 Å². The lowest BCUT2D eigenvalue weighted by atomic mass is 10.1. The summed E-state index contributed by atoms with van der Waals surface area (Å²) in [6.45, 7) is 1.89. The molecule has 0 aliphatic heterocycles. The number of esters is 1. The van der Waals surface area contributed by atoms with Crippen LogP contribution in [0.3, 0.4) is 0 Å². The highest BCUT2D eigenvalue weighted by atomic mass is 35.5. The van der Waals surface area contributed by atoms with E-state index in [9.17, 15) is 9.59 Å². The highest BCUT2D eigenvalue weighted by Crippen LogP contribution is 2.25. The molecule has 3 rings (SSSR count). The van der Waals surface area contributed by atoms with Crippen LogP contribution in [0.15, 0.2) is 59.8 Å². The molecule has 2 aromatic carbocycles. The van der Waals surface area contributed by atoms with Gasteiger partial charge in [-0.25, -0.2) is 14.8 Å². The van der Waals surface area contributed by atoms with Gasteiger partial charge in [-0.3, -0.25) is 4.79 Å². The Hall–Kier alpha value is -2.90. The number of hydrogen-bond acceptors (Lipinski definition) is 6. The molecule has 29 heavy (non-hydrogen) atoms. The van der Waals surface area contributed by atoms with Crippen molar-refractivity contribution in [2.24, 2.45) is 0 Å². The maximum Gasteiger partial charge on any atom is 0.337 e. The summed E-state index contributed by atoms with van der Waals surface area (Å²) in [7, 11) is 1.29. The fraction of sp³-hybridized carbons (Fsp3) is 0.143. The quantitative estimate of drug-likeness (QED) is 0.351. The number of methoxy groups -OCH3 is 1. The van der Waals surface area contributed by atoms with E-state index in [0.717, 1.165) is 17.0 Å². The van der Waals surface area contributed by atoms with Gasteiger partial charge in [0.05, 0.1) is 34.8 Å². The van der Waals surface area contributed by atoms with Gasteiger partial charge in [-0.2, -0.15) is 0 Å². The lowest BCUT2D eigenvalue weighted by molar-refractivity contribution is -0.113. The maximum atomic E-state index is 12.4. The minimum Gasteiger partial charge on any atom is -0.465 e. The Kier molecular flexibility index (Phi) is 6.85. The average molecular weight is 428 g/mol. The molecule has 0 fully saturated rings. The zero-order valence-electron chi connectivity index (χ0n) is 15.8. The predicted molar refractivity (Wildman–Crippen MR) is 114 cm³/mol. The van der Waals surface area contributed by atoms with Crippen LogP contribution >= 0.6 is 23.4 Å². The van der Waals surface area contributed by atoms with Crippen molar-refractivity contribution in [1.29, 1.82) is 0 Å². The molecule has 6 nitrogen and oxygen atoms in total. The molecule has 148 valence electrons. The van der Waals surface area contributed by atoms with Gasteiger partial charge in [0.2, 0.25) is 5.91 Å². The molecule has 1 amide bonds. The molecule has 0 spiro atoms. The van der Waals surface area contributed by atoms with E-state index < -0.39 is 5.97 Å². The molecular weight excluding hydrogens is 410 g/mol. The normalized spacial score (nSPS) is 10.4. The Morgan fingerprint density at radius 3 is 2.59 bits per heavy atom. The molecule has 1 N–H and O–H groups in total. The van der Waals surface area contributed by atoms with Gasteiger partial charge >= 0.3 is 5.97 Å². The second-order valence-corrected chi connectivity index (χ2v) is 7.42. The number of amides is 1. The largest absolute Gasteiger partial charge is 0.465 e. The first kappa shape index (κ1) is 20.8. The SMILES string of the molecule is COC(=O)c1ccc(Cl)c(NC(=O)CSc2nc(C)cc(-c3ccccc3)n2)c1. The van der Waals surface area contributed by atoms with Gasteiger partial charge in [0.15, 0.2) is 5.16 Å². The standard InChI is InChI=1S/C21H18ClN3O3S/c1-13-10-17(14-6-4-3-5-7-14)25-21(23-13)29-12-19(26)24-18-11-15(20(27)28-2)8-9-16(18)22/h3-11H,12H2,1-2H3,(H,24,26). The predicted octanol–water partition coefficient (Wildman–Crippen LogP) is 4.62. The fourth-order valence-electron chi connectivity index (χ4n) is 2.54. The van der Waals surface area contributed by atoms with Gasteiger partial charge in [-0.1, -0.05) is 53.7 Å². The van der Waals surface area contributed by atoms with E-state index >= 15 is 0 Å². The molecule has 0 aliphatic carbocycles. The number of nitrogens with one attached hydrogen (secondary N) is 1. The molecule has 1 heterocycles. The van der Waals surface area contributed by atoms with E-state index in [-0.39, 0.29) is 11.7 Å². The van der Waals surface area contributed by atoms with E-state index in [0.29, 0.717) is 21.4 Å². The van der Waals surface area contributed by atoms with Crippen molar-refractivity contribution >= 4 is 40.9 Å². The number of aryl methyl sites for hydroxylation is 1. The molecule has 0 aliphatic rings. The van der Waals surface area contributed by atoms with Gasteiger partial charge in [-0.15, -0.1) is 0 Å². The van der Waals surface area contributed by atoms with Gasteiger partial charge in [0, 0.05) is 11.3 Å². The Morgan fingerprint density at radius 1 is 1.10 bits per heavy atom. The first-order valence-electron chi connectivity index (χ1n) is 8.68. The van der Waals surface area contributed by atoms with Crippen LogP contribution in [0.5, 0.6) is 0 Å². The molecule has 0 saturated carbocycles. The zero-order chi connectivity index (χ0) is 20.8. The van der Waals surface area contributed by atoms with Crippen LogP contribution < -0.4 is 5.32 Å². The summed E-state index contributed by atoms with van der Waals surface area (Å²) < 4.78 is 4.68. The lowest BCUT2D eigenvalue weighted by Crippen LogP contribution is -2.15. The number of halogens is 1. The van der Waals surface area contributed by atoms with Crippen LogP contribution in [0.4, 0.5) is 5.69 Å². The Labute approximate surface area is 177 Å². The monoisotopic (exact) mass is 427 g/mol. The smallest absolute Gasteiger partial charge is 0.337 e. The van der Waals surface area contributed by atoms with Gasteiger partial charge in [-0.05, 0) is 31.2 Å². The third kappa shape index (κ3) is 5.56. The van der Waals surface area contributed by atoms with E-state index in [1.54, 1.807) is 0 Å². The summed E-state index contributed by atoms with van der Waals surface area (Å²) in [5.74, 6) is -0.699. The lowest BCUT2D eigenvalue weighted by Gasteiger charge is -2.09. The summed E-state index contributed by atoms with van der Waals surface area (Å²) in [5, 5.41) is 3.54. The summed E-state index contributed by atoms with van der Waals surface area (Å²) in [5.41, 5.74) is 3.24. The van der Waals surface area contributed by atoms with Crippen molar-refractivity contribution in [2.75, 3.05) is 18.2 Å². The maximum absolute atomic E-state index is 12.4. The Morgan fingerprint density at radius 2 is 1.86 bits per heavy atom. The molecule has 1 aromatic heterocycles. The number of nitrogens with zero attached hydrogens (tertiary/aromatic N) is 2. The van der Waals surface area contributed by atoms with Crippen LogP contribution in [0.25, 0.3) is 11.3 Å². The van der Waals surface area contributed by atoms with Crippen molar-refractivity contribution in [1.82, 2.24) is 9.97 Å².